The van der Waals surface area contributed by atoms with Crippen LogP contribution >= 0.6 is 11.3 Å². The number of rotatable bonds is 4. The lowest BCUT2D eigenvalue weighted by atomic mass is 10.2. The average Bonchev–Trinajstić information content (AvgIpc) is 2.75. The van der Waals surface area contributed by atoms with Crippen LogP contribution in [0.5, 0.6) is 0 Å². The minimum Gasteiger partial charge on any atom is -0.309 e. The summed E-state index contributed by atoms with van der Waals surface area (Å²) in [6, 6.07) is 0.960. The second-order valence-corrected chi connectivity index (χ2v) is 6.71. The molecule has 1 aliphatic heterocycles. The van der Waals surface area contributed by atoms with E-state index in [2.05, 4.69) is 48.4 Å². The zero-order valence-corrected chi connectivity index (χ0v) is 13.3. The monoisotopic (exact) mass is 282 g/mol. The molecule has 0 radical (unpaired) electrons. The summed E-state index contributed by atoms with van der Waals surface area (Å²) in [6.07, 6.45) is 1.25. The lowest BCUT2D eigenvalue weighted by molar-refractivity contribution is 0.228. The van der Waals surface area contributed by atoms with Crippen LogP contribution in [0.3, 0.4) is 0 Å². The molecule has 1 fully saturated rings. The van der Waals surface area contributed by atoms with Gasteiger partial charge < -0.3 is 10.2 Å². The average molecular weight is 282 g/mol. The number of aromatic nitrogens is 1. The number of thiazole rings is 1. The third-order valence-electron chi connectivity index (χ3n) is 3.61. The smallest absolute Gasteiger partial charge is 0.111 e. The largest absolute Gasteiger partial charge is 0.309 e. The lowest BCUT2D eigenvalue weighted by Gasteiger charge is -2.25. The first-order valence-electron chi connectivity index (χ1n) is 7.12. The van der Waals surface area contributed by atoms with E-state index in [1.807, 2.05) is 0 Å². The molecular weight excluding hydrogens is 256 g/mol. The number of likely N-dealkylation sites (N-methyl/N-ethyl adjacent to an activating group) is 2. The molecule has 108 valence electrons. The molecule has 1 saturated heterocycles. The van der Waals surface area contributed by atoms with Gasteiger partial charge in [0.25, 0.3) is 0 Å². The van der Waals surface area contributed by atoms with Gasteiger partial charge in [-0.25, -0.2) is 4.98 Å². The normalized spacial score (nSPS) is 22.9. The van der Waals surface area contributed by atoms with Gasteiger partial charge in [-0.3, -0.25) is 4.90 Å². The Kier molecular flexibility index (Phi) is 5.33. The Labute approximate surface area is 120 Å². The molecule has 2 heterocycles. The zero-order valence-electron chi connectivity index (χ0n) is 12.5. The zero-order chi connectivity index (χ0) is 13.8. The molecule has 1 N–H and O–H groups in total. The molecule has 1 aliphatic rings. The van der Waals surface area contributed by atoms with Gasteiger partial charge in [-0.15, -0.1) is 11.3 Å². The standard InChI is InChI=1S/C14H26N4S/c1-11(2)15-8-12-10-19-14(16-12)13-9-17(3)6-5-7-18(13)4/h10-11,13,15H,5-9H2,1-4H3. The highest BCUT2D eigenvalue weighted by Crippen LogP contribution is 2.26. The van der Waals surface area contributed by atoms with Gasteiger partial charge in [-0.1, -0.05) is 13.8 Å². The second kappa shape index (κ2) is 6.79. The molecule has 0 saturated carbocycles. The quantitative estimate of drug-likeness (QED) is 0.914. The minimum absolute atomic E-state index is 0.449. The predicted octanol–water partition coefficient (Wildman–Crippen LogP) is 1.95. The number of hydrogen-bond donors (Lipinski definition) is 1. The van der Waals surface area contributed by atoms with Crippen molar-refractivity contribution in [2.45, 2.75) is 38.9 Å². The predicted molar refractivity (Wildman–Crippen MR) is 81.6 cm³/mol. The summed E-state index contributed by atoms with van der Waals surface area (Å²) in [5, 5.41) is 6.89. The van der Waals surface area contributed by atoms with Crippen molar-refractivity contribution in [1.82, 2.24) is 20.1 Å². The van der Waals surface area contributed by atoms with Gasteiger partial charge >= 0.3 is 0 Å². The molecule has 19 heavy (non-hydrogen) atoms. The van der Waals surface area contributed by atoms with Crippen molar-refractivity contribution in [3.63, 3.8) is 0 Å². The molecule has 0 spiro atoms. The highest BCUT2D eigenvalue weighted by molar-refractivity contribution is 7.09. The summed E-state index contributed by atoms with van der Waals surface area (Å²) in [5.41, 5.74) is 1.18. The molecule has 0 amide bonds. The Hall–Kier alpha value is -0.490. The van der Waals surface area contributed by atoms with E-state index in [0.717, 1.165) is 19.6 Å². The molecule has 0 aromatic carbocycles. The molecule has 2 rings (SSSR count). The first kappa shape index (κ1) is 14.9. The summed E-state index contributed by atoms with van der Waals surface area (Å²) in [7, 11) is 4.43. The van der Waals surface area contributed by atoms with Crippen molar-refractivity contribution >= 4 is 11.3 Å². The number of nitrogens with zero attached hydrogens (tertiary/aromatic N) is 3. The van der Waals surface area contributed by atoms with E-state index >= 15 is 0 Å². The van der Waals surface area contributed by atoms with Gasteiger partial charge in [0.1, 0.15) is 5.01 Å². The van der Waals surface area contributed by atoms with Crippen molar-refractivity contribution in [2.75, 3.05) is 33.7 Å². The molecule has 4 nitrogen and oxygen atoms in total. The van der Waals surface area contributed by atoms with Crippen LogP contribution in [0, 0.1) is 0 Å². The van der Waals surface area contributed by atoms with Crippen molar-refractivity contribution in [1.29, 1.82) is 0 Å². The SMILES string of the molecule is CC(C)NCc1csc(C2CN(C)CCCN2C)n1. The van der Waals surface area contributed by atoms with Crippen LogP contribution in [0.4, 0.5) is 0 Å². The fourth-order valence-corrected chi connectivity index (χ4v) is 3.38. The van der Waals surface area contributed by atoms with Crippen LogP contribution in [-0.4, -0.2) is 54.6 Å². The van der Waals surface area contributed by atoms with Crippen LogP contribution in [-0.2, 0) is 6.54 Å². The molecule has 0 aliphatic carbocycles. The second-order valence-electron chi connectivity index (χ2n) is 5.82. The van der Waals surface area contributed by atoms with Gasteiger partial charge in [-0.05, 0) is 33.6 Å². The highest BCUT2D eigenvalue weighted by atomic mass is 32.1. The maximum absolute atomic E-state index is 4.82. The van der Waals surface area contributed by atoms with E-state index < -0.39 is 0 Å². The van der Waals surface area contributed by atoms with Crippen LogP contribution in [0.1, 0.15) is 37.0 Å². The Balaban J connectivity index is 2.03. The summed E-state index contributed by atoms with van der Waals surface area (Å²) < 4.78 is 0. The summed E-state index contributed by atoms with van der Waals surface area (Å²) in [4.78, 5) is 9.68. The summed E-state index contributed by atoms with van der Waals surface area (Å²) in [6.45, 7) is 8.65. The van der Waals surface area contributed by atoms with Crippen LogP contribution < -0.4 is 5.32 Å². The maximum atomic E-state index is 4.82. The molecule has 1 unspecified atom stereocenters. The summed E-state index contributed by atoms with van der Waals surface area (Å²) >= 11 is 1.80. The number of hydrogen-bond acceptors (Lipinski definition) is 5. The molecule has 0 bridgehead atoms. The van der Waals surface area contributed by atoms with E-state index in [0.29, 0.717) is 12.1 Å². The van der Waals surface area contributed by atoms with Gasteiger partial charge in [-0.2, -0.15) is 0 Å². The van der Waals surface area contributed by atoms with Crippen molar-refractivity contribution in [2.24, 2.45) is 0 Å². The van der Waals surface area contributed by atoms with Crippen molar-refractivity contribution in [3.05, 3.63) is 16.1 Å². The van der Waals surface area contributed by atoms with E-state index in [1.54, 1.807) is 11.3 Å². The maximum Gasteiger partial charge on any atom is 0.111 e. The molecular formula is C14H26N4S. The van der Waals surface area contributed by atoms with E-state index in [1.165, 1.54) is 23.7 Å². The highest BCUT2D eigenvalue weighted by Gasteiger charge is 2.24. The third kappa shape index (κ3) is 4.24. The fourth-order valence-electron chi connectivity index (χ4n) is 2.40. The van der Waals surface area contributed by atoms with E-state index in [-0.39, 0.29) is 0 Å². The number of nitrogens with one attached hydrogen (secondary N) is 1. The van der Waals surface area contributed by atoms with Gasteiger partial charge in [0.05, 0.1) is 11.7 Å². The fraction of sp³-hybridized carbons (Fsp3) is 0.786. The molecule has 5 heteroatoms. The first-order valence-corrected chi connectivity index (χ1v) is 8.00. The Morgan fingerprint density at radius 3 is 2.95 bits per heavy atom. The van der Waals surface area contributed by atoms with Crippen LogP contribution in [0.15, 0.2) is 5.38 Å². The lowest BCUT2D eigenvalue weighted by Crippen LogP contribution is -2.30. The minimum atomic E-state index is 0.449. The van der Waals surface area contributed by atoms with E-state index in [4.69, 9.17) is 4.98 Å². The van der Waals surface area contributed by atoms with Crippen LogP contribution in [0.25, 0.3) is 0 Å². The topological polar surface area (TPSA) is 31.4 Å². The third-order valence-corrected chi connectivity index (χ3v) is 4.61. The molecule has 1 atom stereocenters. The Bertz CT molecular complexity index is 391. The Morgan fingerprint density at radius 1 is 1.42 bits per heavy atom. The van der Waals surface area contributed by atoms with Gasteiger partial charge in [0, 0.05) is 24.5 Å². The van der Waals surface area contributed by atoms with E-state index in [9.17, 15) is 0 Å². The van der Waals surface area contributed by atoms with Crippen LogP contribution in [0.2, 0.25) is 0 Å². The molecule has 1 aromatic heterocycles. The van der Waals surface area contributed by atoms with Gasteiger partial charge in [0.15, 0.2) is 0 Å². The molecule has 1 aromatic rings. The summed E-state index contributed by atoms with van der Waals surface area (Å²) in [5.74, 6) is 0. The van der Waals surface area contributed by atoms with Crippen molar-refractivity contribution in [3.8, 4) is 0 Å². The van der Waals surface area contributed by atoms with Crippen molar-refractivity contribution < 1.29 is 0 Å². The van der Waals surface area contributed by atoms with Gasteiger partial charge in [0.2, 0.25) is 0 Å². The Morgan fingerprint density at radius 2 is 2.21 bits per heavy atom. The first-order chi connectivity index (χ1) is 9.06.